The van der Waals surface area contributed by atoms with E-state index in [2.05, 4.69) is 0 Å². The Labute approximate surface area is 103 Å². The molecule has 0 aliphatic carbocycles. The predicted octanol–water partition coefficient (Wildman–Crippen LogP) is 0.228. The number of primary amides is 1. The zero-order valence-electron chi connectivity index (χ0n) is 10.7. The normalized spacial score (nSPS) is 24.2. The number of nitrogens with two attached hydrogens (primary N) is 2. The second-order valence-corrected chi connectivity index (χ2v) is 5.16. The lowest BCUT2D eigenvalue weighted by Crippen LogP contribution is -2.56. The molecule has 0 aromatic heterocycles. The highest BCUT2D eigenvalue weighted by molar-refractivity contribution is 5.86. The molecule has 5 nitrogen and oxygen atoms in total. The maximum atomic E-state index is 12.2. The Morgan fingerprint density at radius 3 is 2.65 bits per heavy atom. The van der Waals surface area contributed by atoms with Crippen molar-refractivity contribution in [1.82, 2.24) is 4.90 Å². The van der Waals surface area contributed by atoms with Gasteiger partial charge < -0.3 is 16.4 Å². The first-order valence-corrected chi connectivity index (χ1v) is 6.26. The summed E-state index contributed by atoms with van der Waals surface area (Å²) in [7, 11) is 0. The smallest absolute Gasteiger partial charge is 0.242 e. The SMILES string of the molecule is CCCC(C)(N)C(=O)N1CCCC(C(N)=O)C1. The fraction of sp³-hybridized carbons (Fsp3) is 0.833. The third-order valence-corrected chi connectivity index (χ3v) is 3.37. The fourth-order valence-electron chi connectivity index (χ4n) is 2.38. The van der Waals surface area contributed by atoms with Crippen LogP contribution in [0.3, 0.4) is 0 Å². The number of hydrogen-bond acceptors (Lipinski definition) is 3. The molecular formula is C12H23N3O2. The number of carbonyl (C=O) groups is 2. The van der Waals surface area contributed by atoms with Gasteiger partial charge in [-0.25, -0.2) is 0 Å². The molecule has 0 bridgehead atoms. The lowest BCUT2D eigenvalue weighted by atomic mass is 9.92. The van der Waals surface area contributed by atoms with Crippen LogP contribution in [0.5, 0.6) is 0 Å². The molecular weight excluding hydrogens is 218 g/mol. The van der Waals surface area contributed by atoms with E-state index in [-0.39, 0.29) is 17.7 Å². The number of nitrogens with zero attached hydrogens (tertiary/aromatic N) is 1. The molecule has 2 atom stereocenters. The van der Waals surface area contributed by atoms with E-state index in [1.165, 1.54) is 0 Å². The Kier molecular flexibility index (Phi) is 4.51. The molecule has 1 heterocycles. The van der Waals surface area contributed by atoms with Crippen LogP contribution in [0, 0.1) is 5.92 Å². The molecule has 2 amide bonds. The first-order chi connectivity index (χ1) is 7.88. The van der Waals surface area contributed by atoms with Crippen LogP contribution in [0.25, 0.3) is 0 Å². The van der Waals surface area contributed by atoms with Gasteiger partial charge in [-0.15, -0.1) is 0 Å². The van der Waals surface area contributed by atoms with Gasteiger partial charge >= 0.3 is 0 Å². The van der Waals surface area contributed by atoms with Crippen LogP contribution in [-0.4, -0.2) is 35.3 Å². The van der Waals surface area contributed by atoms with E-state index >= 15 is 0 Å². The van der Waals surface area contributed by atoms with Crippen LogP contribution in [0.1, 0.15) is 39.5 Å². The third kappa shape index (κ3) is 3.43. The zero-order chi connectivity index (χ0) is 13.1. The van der Waals surface area contributed by atoms with Crippen molar-refractivity contribution in [3.05, 3.63) is 0 Å². The average molecular weight is 241 g/mol. The third-order valence-electron chi connectivity index (χ3n) is 3.37. The number of hydrogen-bond donors (Lipinski definition) is 2. The Balaban J connectivity index is 2.66. The number of likely N-dealkylation sites (tertiary alicyclic amines) is 1. The summed E-state index contributed by atoms with van der Waals surface area (Å²) in [5, 5.41) is 0. The van der Waals surface area contributed by atoms with Crippen LogP contribution in [0.2, 0.25) is 0 Å². The second kappa shape index (κ2) is 5.49. The minimum absolute atomic E-state index is 0.0645. The van der Waals surface area contributed by atoms with Crippen LogP contribution in [0.4, 0.5) is 0 Å². The standard InChI is InChI=1S/C12H23N3O2/c1-3-6-12(2,14)11(17)15-7-4-5-9(8-15)10(13)16/h9H,3-8,14H2,1-2H3,(H2,13,16). The Morgan fingerprint density at radius 2 is 2.12 bits per heavy atom. The van der Waals surface area contributed by atoms with Crippen molar-refractivity contribution < 1.29 is 9.59 Å². The fourth-order valence-corrected chi connectivity index (χ4v) is 2.38. The number of rotatable bonds is 4. The number of piperidine rings is 1. The molecule has 17 heavy (non-hydrogen) atoms. The van der Waals surface area contributed by atoms with E-state index in [9.17, 15) is 9.59 Å². The second-order valence-electron chi connectivity index (χ2n) is 5.16. The van der Waals surface area contributed by atoms with Crippen molar-refractivity contribution in [3.8, 4) is 0 Å². The molecule has 5 heteroatoms. The summed E-state index contributed by atoms with van der Waals surface area (Å²) >= 11 is 0. The van der Waals surface area contributed by atoms with Gasteiger partial charge in [0.2, 0.25) is 11.8 Å². The molecule has 1 aliphatic rings. The molecule has 1 rings (SSSR count). The van der Waals surface area contributed by atoms with Gasteiger partial charge in [-0.2, -0.15) is 0 Å². The lowest BCUT2D eigenvalue weighted by Gasteiger charge is -2.36. The molecule has 1 fully saturated rings. The van der Waals surface area contributed by atoms with Gasteiger partial charge in [-0.3, -0.25) is 9.59 Å². The van der Waals surface area contributed by atoms with Crippen LogP contribution in [0.15, 0.2) is 0 Å². The highest BCUT2D eigenvalue weighted by atomic mass is 16.2. The van der Waals surface area contributed by atoms with Gasteiger partial charge in [0, 0.05) is 13.1 Å². The number of carbonyl (C=O) groups excluding carboxylic acids is 2. The molecule has 0 aromatic carbocycles. The largest absolute Gasteiger partial charge is 0.369 e. The maximum absolute atomic E-state index is 12.2. The summed E-state index contributed by atoms with van der Waals surface area (Å²) in [6.07, 6.45) is 3.12. The van der Waals surface area contributed by atoms with E-state index < -0.39 is 5.54 Å². The van der Waals surface area contributed by atoms with Crippen LogP contribution in [-0.2, 0) is 9.59 Å². The Hall–Kier alpha value is -1.10. The minimum Gasteiger partial charge on any atom is -0.369 e. The van der Waals surface area contributed by atoms with Crippen molar-refractivity contribution in [2.45, 2.75) is 45.1 Å². The molecule has 0 spiro atoms. The quantitative estimate of drug-likeness (QED) is 0.738. The minimum atomic E-state index is -0.825. The van der Waals surface area contributed by atoms with Gasteiger partial charge in [-0.1, -0.05) is 13.3 Å². The zero-order valence-corrected chi connectivity index (χ0v) is 10.7. The summed E-state index contributed by atoms with van der Waals surface area (Å²) in [6, 6.07) is 0. The highest BCUT2D eigenvalue weighted by Crippen LogP contribution is 2.20. The molecule has 0 saturated carbocycles. The van der Waals surface area contributed by atoms with Crippen LogP contribution >= 0.6 is 0 Å². The van der Waals surface area contributed by atoms with Crippen LogP contribution < -0.4 is 11.5 Å². The summed E-state index contributed by atoms with van der Waals surface area (Å²) in [6.45, 7) is 4.86. The molecule has 98 valence electrons. The molecule has 1 saturated heterocycles. The molecule has 0 aromatic rings. The van der Waals surface area contributed by atoms with Crippen molar-refractivity contribution in [1.29, 1.82) is 0 Å². The van der Waals surface area contributed by atoms with Gasteiger partial charge in [0.25, 0.3) is 0 Å². The predicted molar refractivity (Wildman–Crippen MR) is 66.0 cm³/mol. The molecule has 4 N–H and O–H groups in total. The van der Waals surface area contributed by atoms with Gasteiger partial charge in [0.15, 0.2) is 0 Å². The summed E-state index contributed by atoms with van der Waals surface area (Å²) in [4.78, 5) is 25.1. The van der Waals surface area contributed by atoms with Crippen molar-refractivity contribution in [2.24, 2.45) is 17.4 Å². The van der Waals surface area contributed by atoms with Gasteiger partial charge in [-0.05, 0) is 26.2 Å². The van der Waals surface area contributed by atoms with Crippen molar-refractivity contribution in [2.75, 3.05) is 13.1 Å². The average Bonchev–Trinajstić information content (AvgIpc) is 2.28. The topological polar surface area (TPSA) is 89.4 Å². The van der Waals surface area contributed by atoms with E-state index in [4.69, 9.17) is 11.5 Å². The monoisotopic (exact) mass is 241 g/mol. The Morgan fingerprint density at radius 1 is 1.47 bits per heavy atom. The van der Waals surface area contributed by atoms with Gasteiger partial charge in [0.05, 0.1) is 11.5 Å². The van der Waals surface area contributed by atoms with Crippen molar-refractivity contribution in [3.63, 3.8) is 0 Å². The molecule has 0 radical (unpaired) electrons. The maximum Gasteiger partial charge on any atom is 0.242 e. The highest BCUT2D eigenvalue weighted by Gasteiger charge is 2.35. The lowest BCUT2D eigenvalue weighted by molar-refractivity contribution is -0.139. The summed E-state index contributed by atoms with van der Waals surface area (Å²) in [5.41, 5.74) is 10.5. The first-order valence-electron chi connectivity index (χ1n) is 6.26. The van der Waals surface area contributed by atoms with E-state index in [1.807, 2.05) is 6.92 Å². The van der Waals surface area contributed by atoms with E-state index in [0.717, 1.165) is 19.3 Å². The van der Waals surface area contributed by atoms with E-state index in [1.54, 1.807) is 11.8 Å². The molecule has 2 unspecified atom stereocenters. The molecule has 1 aliphatic heterocycles. The van der Waals surface area contributed by atoms with Crippen molar-refractivity contribution >= 4 is 11.8 Å². The van der Waals surface area contributed by atoms with E-state index in [0.29, 0.717) is 19.5 Å². The Bertz CT molecular complexity index is 302. The summed E-state index contributed by atoms with van der Waals surface area (Å²) < 4.78 is 0. The van der Waals surface area contributed by atoms with Gasteiger partial charge in [0.1, 0.15) is 0 Å². The summed E-state index contributed by atoms with van der Waals surface area (Å²) in [5.74, 6) is -0.604. The number of amides is 2. The first kappa shape index (κ1) is 14.0.